The van der Waals surface area contributed by atoms with Crippen molar-refractivity contribution in [2.75, 3.05) is 0 Å². The average Bonchev–Trinajstić information content (AvgIpc) is 2.06. The van der Waals surface area contributed by atoms with Crippen molar-refractivity contribution in [2.24, 2.45) is 0 Å². The second kappa shape index (κ2) is 4.94. The molecule has 0 aliphatic rings. The van der Waals surface area contributed by atoms with Crippen LogP contribution in [0, 0.1) is 7.27 Å². The highest BCUT2D eigenvalue weighted by molar-refractivity contribution is 14.1. The molecule has 0 fully saturated rings. The molecule has 5 heteroatoms. The van der Waals surface area contributed by atoms with E-state index >= 15 is 0 Å². The van der Waals surface area contributed by atoms with E-state index < -0.39 is 5.60 Å². The fraction of sp³-hybridized carbons (Fsp3) is 0.400. The number of halogens is 2. The SMILES string of the molecule is CC(C)(C)OC(=O)c1cc(I)cnc1I. The van der Waals surface area contributed by atoms with E-state index in [9.17, 15) is 4.79 Å². The molecule has 0 atom stereocenters. The van der Waals surface area contributed by atoms with Crippen molar-refractivity contribution in [1.82, 2.24) is 4.98 Å². The van der Waals surface area contributed by atoms with Crippen molar-refractivity contribution in [1.29, 1.82) is 0 Å². The molecule has 1 heterocycles. The maximum atomic E-state index is 11.8. The molecule has 0 aliphatic heterocycles. The molecule has 0 saturated carbocycles. The minimum absolute atomic E-state index is 0.321. The standard InChI is InChI=1S/C10H11I2NO2/c1-10(2,3)15-9(14)7-4-6(11)5-13-8(7)12/h4-5H,1-3H3. The van der Waals surface area contributed by atoms with Crippen LogP contribution in [0.3, 0.4) is 0 Å². The van der Waals surface area contributed by atoms with Crippen LogP contribution in [0.4, 0.5) is 0 Å². The molecule has 0 unspecified atom stereocenters. The molecule has 15 heavy (non-hydrogen) atoms. The molecule has 0 amide bonds. The number of ether oxygens (including phenoxy) is 1. The van der Waals surface area contributed by atoms with E-state index in [2.05, 4.69) is 27.6 Å². The Hall–Kier alpha value is 0.0800. The number of hydrogen-bond donors (Lipinski definition) is 0. The quantitative estimate of drug-likeness (QED) is 0.390. The number of esters is 1. The fourth-order valence-corrected chi connectivity index (χ4v) is 1.86. The Morgan fingerprint density at radius 1 is 1.40 bits per heavy atom. The number of carbonyl (C=O) groups excluding carboxylic acids is 1. The van der Waals surface area contributed by atoms with Crippen LogP contribution in [0.15, 0.2) is 12.3 Å². The zero-order valence-corrected chi connectivity index (χ0v) is 13.0. The van der Waals surface area contributed by atoms with Crippen molar-refractivity contribution in [2.45, 2.75) is 26.4 Å². The number of nitrogens with zero attached hydrogens (tertiary/aromatic N) is 1. The van der Waals surface area contributed by atoms with Gasteiger partial charge in [0.05, 0.1) is 5.56 Å². The smallest absolute Gasteiger partial charge is 0.341 e. The highest BCUT2D eigenvalue weighted by Crippen LogP contribution is 2.17. The van der Waals surface area contributed by atoms with Crippen LogP contribution in [-0.2, 0) is 4.74 Å². The van der Waals surface area contributed by atoms with E-state index in [-0.39, 0.29) is 5.97 Å². The fourth-order valence-electron chi connectivity index (χ4n) is 0.899. The Morgan fingerprint density at radius 3 is 2.53 bits per heavy atom. The largest absolute Gasteiger partial charge is 0.456 e. The number of rotatable bonds is 1. The normalized spacial score (nSPS) is 11.3. The van der Waals surface area contributed by atoms with Gasteiger partial charge in [-0.05, 0) is 72.0 Å². The first-order valence-electron chi connectivity index (χ1n) is 4.34. The zero-order valence-electron chi connectivity index (χ0n) is 8.67. The summed E-state index contributed by atoms with van der Waals surface area (Å²) in [5.41, 5.74) is 0.0546. The molecule has 0 radical (unpaired) electrons. The summed E-state index contributed by atoms with van der Waals surface area (Å²) < 4.78 is 6.87. The summed E-state index contributed by atoms with van der Waals surface area (Å²) in [6.45, 7) is 5.54. The number of pyridine rings is 1. The summed E-state index contributed by atoms with van der Waals surface area (Å²) in [4.78, 5) is 15.9. The van der Waals surface area contributed by atoms with Crippen molar-refractivity contribution < 1.29 is 9.53 Å². The van der Waals surface area contributed by atoms with Gasteiger partial charge >= 0.3 is 5.97 Å². The van der Waals surface area contributed by atoms with Gasteiger partial charge in [0, 0.05) is 9.77 Å². The molecule has 82 valence electrons. The molecule has 0 aromatic carbocycles. The zero-order chi connectivity index (χ0) is 11.6. The van der Waals surface area contributed by atoms with Crippen LogP contribution >= 0.6 is 45.2 Å². The van der Waals surface area contributed by atoms with Crippen LogP contribution in [0.25, 0.3) is 0 Å². The van der Waals surface area contributed by atoms with E-state index in [0.717, 1.165) is 3.57 Å². The van der Waals surface area contributed by atoms with Gasteiger partial charge in [-0.25, -0.2) is 9.78 Å². The molecule has 1 aromatic rings. The first-order chi connectivity index (χ1) is 6.79. The molecule has 0 saturated heterocycles. The van der Waals surface area contributed by atoms with Gasteiger partial charge < -0.3 is 4.74 Å². The Morgan fingerprint density at radius 2 is 2.00 bits per heavy atom. The molecule has 1 rings (SSSR count). The van der Waals surface area contributed by atoms with E-state index in [1.165, 1.54) is 0 Å². The summed E-state index contributed by atoms with van der Waals surface area (Å²) in [6.07, 6.45) is 1.72. The van der Waals surface area contributed by atoms with Crippen molar-refractivity contribution in [3.63, 3.8) is 0 Å². The molecule has 3 nitrogen and oxygen atoms in total. The van der Waals surface area contributed by atoms with Crippen LogP contribution in [-0.4, -0.2) is 16.6 Å². The molecule has 0 bridgehead atoms. The summed E-state index contributed by atoms with van der Waals surface area (Å²) in [7, 11) is 0. The second-order valence-electron chi connectivity index (χ2n) is 3.99. The van der Waals surface area contributed by atoms with Crippen LogP contribution in [0.5, 0.6) is 0 Å². The second-order valence-corrected chi connectivity index (χ2v) is 6.26. The van der Waals surface area contributed by atoms with Gasteiger partial charge in [0.1, 0.15) is 9.30 Å². The Labute approximate surface area is 116 Å². The van der Waals surface area contributed by atoms with Crippen molar-refractivity contribution in [3.05, 3.63) is 25.1 Å². The molecule has 0 N–H and O–H groups in total. The first kappa shape index (κ1) is 13.1. The summed E-state index contributed by atoms with van der Waals surface area (Å²) in [5.74, 6) is -0.321. The van der Waals surface area contributed by atoms with Crippen molar-refractivity contribution in [3.8, 4) is 0 Å². The van der Waals surface area contributed by atoms with Gasteiger partial charge in [-0.15, -0.1) is 0 Å². The first-order valence-corrected chi connectivity index (χ1v) is 6.50. The lowest BCUT2D eigenvalue weighted by atomic mass is 10.2. The van der Waals surface area contributed by atoms with Gasteiger partial charge in [0.2, 0.25) is 0 Å². The molecule has 0 aliphatic carbocycles. The van der Waals surface area contributed by atoms with Gasteiger partial charge in [-0.3, -0.25) is 0 Å². The third-order valence-electron chi connectivity index (χ3n) is 1.42. The lowest BCUT2D eigenvalue weighted by Gasteiger charge is -2.19. The van der Waals surface area contributed by atoms with Crippen LogP contribution < -0.4 is 0 Å². The Balaban J connectivity index is 2.96. The average molecular weight is 431 g/mol. The molecular formula is C10H11I2NO2. The van der Waals surface area contributed by atoms with Crippen LogP contribution in [0.1, 0.15) is 31.1 Å². The molecular weight excluding hydrogens is 420 g/mol. The highest BCUT2D eigenvalue weighted by Gasteiger charge is 2.20. The van der Waals surface area contributed by atoms with Crippen molar-refractivity contribution >= 4 is 51.2 Å². The van der Waals surface area contributed by atoms with Gasteiger partial charge in [-0.1, -0.05) is 0 Å². The lowest BCUT2D eigenvalue weighted by Crippen LogP contribution is -2.24. The van der Waals surface area contributed by atoms with E-state index in [4.69, 9.17) is 4.74 Å². The third-order valence-corrected chi connectivity index (χ3v) is 2.87. The van der Waals surface area contributed by atoms with E-state index in [0.29, 0.717) is 9.26 Å². The predicted octanol–water partition coefficient (Wildman–Crippen LogP) is 3.25. The van der Waals surface area contributed by atoms with Gasteiger partial charge in [-0.2, -0.15) is 0 Å². The summed E-state index contributed by atoms with van der Waals surface area (Å²) in [5, 5.41) is 0. The number of hydrogen-bond acceptors (Lipinski definition) is 3. The van der Waals surface area contributed by atoms with E-state index in [1.54, 1.807) is 12.3 Å². The predicted molar refractivity (Wildman–Crippen MR) is 74.8 cm³/mol. The van der Waals surface area contributed by atoms with Gasteiger partial charge in [0.15, 0.2) is 0 Å². The maximum absolute atomic E-state index is 11.8. The minimum atomic E-state index is -0.471. The topological polar surface area (TPSA) is 39.2 Å². The third kappa shape index (κ3) is 4.21. The number of carbonyl (C=O) groups is 1. The van der Waals surface area contributed by atoms with E-state index in [1.807, 2.05) is 43.4 Å². The number of aromatic nitrogens is 1. The van der Waals surface area contributed by atoms with Gasteiger partial charge in [0.25, 0.3) is 0 Å². The molecule has 1 aromatic heterocycles. The Kier molecular flexibility index (Phi) is 4.33. The van der Waals surface area contributed by atoms with Crippen LogP contribution in [0.2, 0.25) is 0 Å². The monoisotopic (exact) mass is 431 g/mol. The molecule has 0 spiro atoms. The highest BCUT2D eigenvalue weighted by atomic mass is 127. The lowest BCUT2D eigenvalue weighted by molar-refractivity contribution is 0.00676. The summed E-state index contributed by atoms with van der Waals surface area (Å²) in [6, 6.07) is 1.78. The minimum Gasteiger partial charge on any atom is -0.456 e. The maximum Gasteiger partial charge on any atom is 0.341 e. The Bertz CT molecular complexity index is 385. The summed E-state index contributed by atoms with van der Waals surface area (Å²) >= 11 is 4.15.